The Kier molecular flexibility index (Phi) is 2.66. The maximum absolute atomic E-state index is 12.5. The molecule has 0 aliphatic heterocycles. The Balaban J connectivity index is 3.23. The summed E-state index contributed by atoms with van der Waals surface area (Å²) in [6.07, 6.45) is 0. The Bertz CT molecular complexity index is 300. The van der Waals surface area contributed by atoms with Crippen molar-refractivity contribution in [2.24, 2.45) is 0 Å². The van der Waals surface area contributed by atoms with E-state index < -0.39 is 11.1 Å². The summed E-state index contributed by atoms with van der Waals surface area (Å²) in [5.41, 5.74) is 0.173. The zero-order chi connectivity index (χ0) is 8.43. The van der Waals surface area contributed by atoms with Crippen molar-refractivity contribution in [2.75, 3.05) is 0 Å². The van der Waals surface area contributed by atoms with Gasteiger partial charge in [0.15, 0.2) is 0 Å². The number of hydrogen-bond donors (Lipinski definition) is 0. The minimum absolute atomic E-state index is 0.173. The van der Waals surface area contributed by atoms with Crippen molar-refractivity contribution >= 4 is 37.3 Å². The van der Waals surface area contributed by atoms with Crippen molar-refractivity contribution in [1.29, 1.82) is 0 Å². The quantitative estimate of drug-likeness (QED) is 0.525. The van der Waals surface area contributed by atoms with Crippen molar-refractivity contribution in [3.8, 4) is 0 Å². The number of halogens is 2. The third-order valence-electron chi connectivity index (χ3n) is 1.15. The first-order valence-corrected chi connectivity index (χ1v) is 4.01. The van der Waals surface area contributed by atoms with Crippen LogP contribution in [0, 0.1) is 5.82 Å². The molecule has 0 saturated heterocycles. The average molecular weight is 237 g/mol. The summed E-state index contributed by atoms with van der Waals surface area (Å²) in [6.45, 7) is 0. The van der Waals surface area contributed by atoms with Crippen LogP contribution in [0.3, 0.4) is 0 Å². The third kappa shape index (κ3) is 2.03. The standard InChI is InChI=1S/C7H3ClFOSe/c8-7(10)5-3-4(9)1-2-6(5)11/h1-3H. The topological polar surface area (TPSA) is 17.1 Å². The zero-order valence-electron chi connectivity index (χ0n) is 5.30. The van der Waals surface area contributed by atoms with Crippen LogP contribution in [0.4, 0.5) is 4.39 Å². The molecule has 57 valence electrons. The minimum atomic E-state index is -0.654. The first-order chi connectivity index (χ1) is 5.11. The van der Waals surface area contributed by atoms with Crippen molar-refractivity contribution in [3.05, 3.63) is 29.6 Å². The number of hydrogen-bond acceptors (Lipinski definition) is 1. The molecule has 0 bridgehead atoms. The van der Waals surface area contributed by atoms with Gasteiger partial charge in [-0.2, -0.15) is 0 Å². The van der Waals surface area contributed by atoms with Gasteiger partial charge in [-0.1, -0.05) is 0 Å². The van der Waals surface area contributed by atoms with E-state index in [0.717, 1.165) is 6.07 Å². The first kappa shape index (κ1) is 8.72. The number of rotatable bonds is 1. The second-order valence-corrected chi connectivity index (χ2v) is 3.18. The molecular weight excluding hydrogens is 233 g/mol. The monoisotopic (exact) mass is 237 g/mol. The van der Waals surface area contributed by atoms with Gasteiger partial charge in [-0.15, -0.1) is 0 Å². The van der Waals surface area contributed by atoms with Gasteiger partial charge < -0.3 is 0 Å². The van der Waals surface area contributed by atoms with E-state index in [9.17, 15) is 9.18 Å². The van der Waals surface area contributed by atoms with Crippen molar-refractivity contribution < 1.29 is 9.18 Å². The second kappa shape index (κ2) is 3.35. The van der Waals surface area contributed by atoms with E-state index in [1.165, 1.54) is 12.1 Å². The Morgan fingerprint density at radius 3 is 2.64 bits per heavy atom. The van der Waals surface area contributed by atoms with Crippen LogP contribution < -0.4 is 4.46 Å². The summed E-state index contributed by atoms with van der Waals surface area (Å²) in [5.74, 6) is -0.465. The SMILES string of the molecule is O=C(Cl)c1cc(F)ccc1[Se]. The molecule has 0 fully saturated rings. The molecule has 0 aliphatic carbocycles. The van der Waals surface area contributed by atoms with Crippen LogP contribution in [-0.2, 0) is 0 Å². The molecule has 0 N–H and O–H groups in total. The second-order valence-electron chi connectivity index (χ2n) is 1.91. The summed E-state index contributed by atoms with van der Waals surface area (Å²) in [5, 5.41) is -0.654. The molecule has 1 nitrogen and oxygen atoms in total. The van der Waals surface area contributed by atoms with Crippen LogP contribution in [0.1, 0.15) is 10.4 Å². The summed E-state index contributed by atoms with van der Waals surface area (Å²) in [7, 11) is 0. The fraction of sp³-hybridized carbons (Fsp3) is 0. The van der Waals surface area contributed by atoms with Crippen LogP contribution in [0.15, 0.2) is 18.2 Å². The molecular formula is C7H3ClFOSe. The molecule has 4 heteroatoms. The van der Waals surface area contributed by atoms with Gasteiger partial charge in [0.25, 0.3) is 0 Å². The van der Waals surface area contributed by atoms with Crippen LogP contribution in [0.2, 0.25) is 0 Å². The van der Waals surface area contributed by atoms with E-state index in [1.54, 1.807) is 0 Å². The van der Waals surface area contributed by atoms with E-state index in [2.05, 4.69) is 16.0 Å². The number of benzene rings is 1. The van der Waals surface area contributed by atoms with Gasteiger partial charge in [0.05, 0.1) is 0 Å². The molecule has 11 heavy (non-hydrogen) atoms. The molecule has 0 aromatic heterocycles. The van der Waals surface area contributed by atoms with Gasteiger partial charge in [-0.05, 0) is 0 Å². The molecule has 0 atom stereocenters. The molecule has 0 unspecified atom stereocenters. The fourth-order valence-electron chi connectivity index (χ4n) is 0.656. The maximum atomic E-state index is 12.5. The van der Waals surface area contributed by atoms with Gasteiger partial charge in [0, 0.05) is 0 Å². The van der Waals surface area contributed by atoms with E-state index in [0.29, 0.717) is 4.46 Å². The molecule has 0 aliphatic rings. The van der Waals surface area contributed by atoms with Crippen molar-refractivity contribution in [1.82, 2.24) is 0 Å². The van der Waals surface area contributed by atoms with Gasteiger partial charge in [-0.3, -0.25) is 0 Å². The van der Waals surface area contributed by atoms with Gasteiger partial charge in [0.2, 0.25) is 0 Å². The first-order valence-electron chi connectivity index (χ1n) is 2.77. The molecule has 0 heterocycles. The van der Waals surface area contributed by atoms with Crippen LogP contribution in [0.25, 0.3) is 0 Å². The zero-order valence-corrected chi connectivity index (χ0v) is 7.77. The van der Waals surface area contributed by atoms with Crippen LogP contribution >= 0.6 is 11.6 Å². The van der Waals surface area contributed by atoms with E-state index >= 15 is 0 Å². The van der Waals surface area contributed by atoms with Crippen molar-refractivity contribution in [2.45, 2.75) is 0 Å². The van der Waals surface area contributed by atoms with Gasteiger partial charge in [-0.25, -0.2) is 0 Å². The number of carbonyl (C=O) groups excluding carboxylic acids is 1. The van der Waals surface area contributed by atoms with Gasteiger partial charge >= 0.3 is 76.1 Å². The van der Waals surface area contributed by atoms with E-state index in [4.69, 9.17) is 11.6 Å². The van der Waals surface area contributed by atoms with E-state index in [1.807, 2.05) is 0 Å². The van der Waals surface area contributed by atoms with Crippen LogP contribution in [0.5, 0.6) is 0 Å². The molecule has 0 amide bonds. The Labute approximate surface area is 76.4 Å². The normalized spacial score (nSPS) is 9.64. The Morgan fingerprint density at radius 1 is 1.55 bits per heavy atom. The van der Waals surface area contributed by atoms with Gasteiger partial charge in [0.1, 0.15) is 0 Å². The molecule has 0 spiro atoms. The average Bonchev–Trinajstić information content (AvgIpc) is 1.94. The van der Waals surface area contributed by atoms with Crippen LogP contribution in [-0.4, -0.2) is 21.3 Å². The third-order valence-corrected chi connectivity index (χ3v) is 2.10. The molecule has 1 rings (SSSR count). The summed E-state index contributed by atoms with van der Waals surface area (Å²) in [6, 6.07) is 3.82. The Morgan fingerprint density at radius 2 is 2.18 bits per heavy atom. The Hall–Kier alpha value is -0.371. The molecule has 0 saturated carbocycles. The fourth-order valence-corrected chi connectivity index (χ4v) is 1.40. The summed E-state index contributed by atoms with van der Waals surface area (Å²) >= 11 is 7.76. The summed E-state index contributed by atoms with van der Waals surface area (Å²) < 4.78 is 13.0. The summed E-state index contributed by atoms with van der Waals surface area (Å²) in [4.78, 5) is 10.6. The van der Waals surface area contributed by atoms with E-state index in [-0.39, 0.29) is 5.56 Å². The molecule has 1 radical (unpaired) electrons. The van der Waals surface area contributed by atoms with Crippen molar-refractivity contribution in [3.63, 3.8) is 0 Å². The number of carbonyl (C=O) groups is 1. The predicted molar refractivity (Wildman–Crippen MR) is 42.0 cm³/mol. The predicted octanol–water partition coefficient (Wildman–Crippen LogP) is 0.998. The molecule has 1 aromatic carbocycles. The molecule has 1 aromatic rings.